The zero-order valence-electron chi connectivity index (χ0n) is 15.6. The standard InChI is InChI=1S/C19H22N4O4S/c1-22-15-8-4-3-7-14(15)21-17(22)13-20-19(24)16-9-10-18(27-16)28(25,26)23-11-5-2-6-12-23/h3-4,7-10H,2,5-6,11-13H2,1H3,(H,20,24). The number of carbonyl (C=O) groups is 1. The van der Waals surface area contributed by atoms with Crippen molar-refractivity contribution >= 4 is 27.0 Å². The van der Waals surface area contributed by atoms with Crippen LogP contribution in [-0.4, -0.2) is 41.3 Å². The number of sulfonamides is 1. The minimum absolute atomic E-state index is 0.0330. The van der Waals surface area contributed by atoms with Crippen LogP contribution in [0.5, 0.6) is 0 Å². The number of benzene rings is 1. The average Bonchev–Trinajstić information content (AvgIpc) is 3.33. The van der Waals surface area contributed by atoms with E-state index in [-0.39, 0.29) is 17.4 Å². The van der Waals surface area contributed by atoms with Crippen LogP contribution in [0.1, 0.15) is 35.6 Å². The molecule has 0 atom stereocenters. The van der Waals surface area contributed by atoms with Crippen molar-refractivity contribution in [3.8, 4) is 0 Å². The Morgan fingerprint density at radius 3 is 2.64 bits per heavy atom. The molecule has 1 fully saturated rings. The van der Waals surface area contributed by atoms with Gasteiger partial charge in [-0.25, -0.2) is 13.4 Å². The molecule has 0 radical (unpaired) electrons. The van der Waals surface area contributed by atoms with Gasteiger partial charge in [-0.15, -0.1) is 0 Å². The first-order valence-corrected chi connectivity index (χ1v) is 10.7. The maximum atomic E-state index is 12.6. The number of rotatable bonds is 5. The van der Waals surface area contributed by atoms with E-state index < -0.39 is 15.9 Å². The highest BCUT2D eigenvalue weighted by molar-refractivity contribution is 7.89. The molecule has 8 nitrogen and oxygen atoms in total. The Morgan fingerprint density at radius 1 is 1.14 bits per heavy atom. The zero-order chi connectivity index (χ0) is 19.7. The molecular formula is C19H22N4O4S. The van der Waals surface area contributed by atoms with Crippen molar-refractivity contribution in [3.05, 3.63) is 48.0 Å². The zero-order valence-corrected chi connectivity index (χ0v) is 16.4. The Balaban J connectivity index is 1.46. The summed E-state index contributed by atoms with van der Waals surface area (Å²) >= 11 is 0. The normalized spacial score (nSPS) is 15.8. The summed E-state index contributed by atoms with van der Waals surface area (Å²) in [5.74, 6) is 0.184. The molecule has 0 spiro atoms. The summed E-state index contributed by atoms with van der Waals surface area (Å²) in [5, 5.41) is 2.54. The number of carbonyl (C=O) groups excluding carboxylic acids is 1. The molecule has 3 aromatic rings. The second kappa shape index (κ2) is 7.40. The minimum Gasteiger partial charge on any atom is -0.438 e. The van der Waals surface area contributed by atoms with Crippen molar-refractivity contribution in [2.45, 2.75) is 30.9 Å². The maximum Gasteiger partial charge on any atom is 0.287 e. The van der Waals surface area contributed by atoms with Gasteiger partial charge >= 0.3 is 0 Å². The van der Waals surface area contributed by atoms with Gasteiger partial charge in [-0.3, -0.25) is 4.79 Å². The Kier molecular flexibility index (Phi) is 4.94. The number of aryl methyl sites for hydroxylation is 1. The van der Waals surface area contributed by atoms with Crippen molar-refractivity contribution in [3.63, 3.8) is 0 Å². The predicted molar refractivity (Wildman–Crippen MR) is 103 cm³/mol. The van der Waals surface area contributed by atoms with Crippen LogP contribution in [0.2, 0.25) is 0 Å². The van der Waals surface area contributed by atoms with E-state index in [1.807, 2.05) is 35.9 Å². The number of imidazole rings is 1. The van der Waals surface area contributed by atoms with Crippen LogP contribution in [0.3, 0.4) is 0 Å². The number of nitrogens with one attached hydrogen (secondary N) is 1. The van der Waals surface area contributed by atoms with Gasteiger partial charge in [0.1, 0.15) is 5.82 Å². The van der Waals surface area contributed by atoms with Crippen molar-refractivity contribution in [1.82, 2.24) is 19.2 Å². The lowest BCUT2D eigenvalue weighted by Gasteiger charge is -2.24. The summed E-state index contributed by atoms with van der Waals surface area (Å²) in [7, 11) is -1.81. The Bertz CT molecular complexity index is 1110. The molecule has 1 aromatic carbocycles. The maximum absolute atomic E-state index is 12.6. The van der Waals surface area contributed by atoms with Crippen molar-refractivity contribution in [2.24, 2.45) is 7.05 Å². The number of hydrogen-bond donors (Lipinski definition) is 1. The van der Waals surface area contributed by atoms with Gasteiger partial charge < -0.3 is 14.3 Å². The lowest BCUT2D eigenvalue weighted by molar-refractivity contribution is 0.0916. The van der Waals surface area contributed by atoms with E-state index in [0.717, 1.165) is 30.3 Å². The third-order valence-electron chi connectivity index (χ3n) is 5.00. The molecule has 0 unspecified atom stereocenters. The Labute approximate surface area is 163 Å². The first-order chi connectivity index (χ1) is 13.5. The van der Waals surface area contributed by atoms with Crippen LogP contribution in [0.4, 0.5) is 0 Å². The molecule has 1 saturated heterocycles. The molecule has 28 heavy (non-hydrogen) atoms. The fourth-order valence-electron chi connectivity index (χ4n) is 3.41. The van der Waals surface area contributed by atoms with Crippen LogP contribution < -0.4 is 5.32 Å². The summed E-state index contributed by atoms with van der Waals surface area (Å²) in [6.07, 6.45) is 2.70. The second-order valence-corrected chi connectivity index (χ2v) is 8.71. The van der Waals surface area contributed by atoms with Gasteiger partial charge in [0, 0.05) is 20.1 Å². The summed E-state index contributed by atoms with van der Waals surface area (Å²) in [4.78, 5) is 16.9. The summed E-state index contributed by atoms with van der Waals surface area (Å²) in [6.45, 7) is 1.17. The predicted octanol–water partition coefficient (Wildman–Crippen LogP) is 2.27. The molecule has 1 aliphatic rings. The summed E-state index contributed by atoms with van der Waals surface area (Å²) < 4.78 is 34.0. The van der Waals surface area contributed by atoms with Crippen molar-refractivity contribution in [2.75, 3.05) is 13.1 Å². The molecule has 1 N–H and O–H groups in total. The Morgan fingerprint density at radius 2 is 1.89 bits per heavy atom. The van der Waals surface area contributed by atoms with E-state index in [1.54, 1.807) is 0 Å². The topological polar surface area (TPSA) is 97.4 Å². The van der Waals surface area contributed by atoms with E-state index in [4.69, 9.17) is 4.42 Å². The molecule has 9 heteroatoms. The molecule has 148 valence electrons. The quantitative estimate of drug-likeness (QED) is 0.706. The molecule has 0 aliphatic carbocycles. The molecule has 3 heterocycles. The molecule has 1 aliphatic heterocycles. The highest BCUT2D eigenvalue weighted by Gasteiger charge is 2.29. The van der Waals surface area contributed by atoms with Crippen LogP contribution in [-0.2, 0) is 23.6 Å². The number of hydrogen-bond acceptors (Lipinski definition) is 5. The first-order valence-electron chi connectivity index (χ1n) is 9.25. The molecular weight excluding hydrogens is 380 g/mol. The number of para-hydroxylation sites is 2. The van der Waals surface area contributed by atoms with Crippen LogP contribution in [0.25, 0.3) is 11.0 Å². The smallest absolute Gasteiger partial charge is 0.287 e. The van der Waals surface area contributed by atoms with Gasteiger partial charge in [0.2, 0.25) is 5.09 Å². The monoisotopic (exact) mass is 402 g/mol. The van der Waals surface area contributed by atoms with Gasteiger partial charge in [-0.05, 0) is 37.1 Å². The summed E-state index contributed by atoms with van der Waals surface area (Å²) in [6, 6.07) is 10.4. The molecule has 0 saturated carbocycles. The average molecular weight is 402 g/mol. The largest absolute Gasteiger partial charge is 0.438 e. The van der Waals surface area contributed by atoms with Crippen LogP contribution in [0.15, 0.2) is 45.9 Å². The molecule has 1 amide bonds. The minimum atomic E-state index is -3.70. The van der Waals surface area contributed by atoms with Crippen molar-refractivity contribution < 1.29 is 17.6 Å². The number of aromatic nitrogens is 2. The van der Waals surface area contributed by atoms with E-state index in [1.165, 1.54) is 16.4 Å². The molecule has 2 aromatic heterocycles. The Hall–Kier alpha value is -2.65. The summed E-state index contributed by atoms with van der Waals surface area (Å²) in [5.41, 5.74) is 1.82. The number of piperidine rings is 1. The lowest BCUT2D eigenvalue weighted by atomic mass is 10.2. The molecule has 4 rings (SSSR count). The highest BCUT2D eigenvalue weighted by Crippen LogP contribution is 2.22. The highest BCUT2D eigenvalue weighted by atomic mass is 32.2. The van der Waals surface area contributed by atoms with E-state index in [0.29, 0.717) is 18.9 Å². The fraction of sp³-hybridized carbons (Fsp3) is 0.368. The van der Waals surface area contributed by atoms with Crippen molar-refractivity contribution in [1.29, 1.82) is 0 Å². The fourth-order valence-corrected chi connectivity index (χ4v) is 4.84. The second-order valence-electron chi connectivity index (χ2n) is 6.84. The lowest BCUT2D eigenvalue weighted by Crippen LogP contribution is -2.35. The number of fused-ring (bicyclic) bond motifs is 1. The SMILES string of the molecule is Cn1c(CNC(=O)c2ccc(S(=O)(=O)N3CCCCC3)o2)nc2ccccc21. The third-order valence-corrected chi connectivity index (χ3v) is 6.77. The van der Waals surface area contributed by atoms with Crippen LogP contribution in [0, 0.1) is 0 Å². The van der Waals surface area contributed by atoms with Gasteiger partial charge in [-0.2, -0.15) is 4.31 Å². The molecule has 0 bridgehead atoms. The van der Waals surface area contributed by atoms with Gasteiger partial charge in [0.05, 0.1) is 17.6 Å². The third kappa shape index (κ3) is 3.43. The first kappa shape index (κ1) is 18.7. The van der Waals surface area contributed by atoms with E-state index >= 15 is 0 Å². The van der Waals surface area contributed by atoms with E-state index in [2.05, 4.69) is 10.3 Å². The van der Waals surface area contributed by atoms with Crippen LogP contribution >= 0.6 is 0 Å². The number of furan rings is 1. The van der Waals surface area contributed by atoms with E-state index in [9.17, 15) is 13.2 Å². The van der Waals surface area contributed by atoms with Gasteiger partial charge in [0.15, 0.2) is 5.76 Å². The number of nitrogens with zero attached hydrogens (tertiary/aromatic N) is 3. The number of amides is 1. The van der Waals surface area contributed by atoms with Gasteiger partial charge in [0.25, 0.3) is 15.9 Å². The van der Waals surface area contributed by atoms with Gasteiger partial charge in [-0.1, -0.05) is 18.6 Å².